The monoisotopic (exact) mass is 564 g/mol. The Morgan fingerprint density at radius 1 is 0.615 bits per heavy atom. The first kappa shape index (κ1) is 31.8. The Labute approximate surface area is 220 Å². The van der Waals surface area contributed by atoms with Crippen LogP contribution in [0.25, 0.3) is 0 Å². The minimum Gasteiger partial charge on any atom is -0.507 e. The molecular formula is C27H30F6O6. The molecule has 0 aliphatic heterocycles. The second kappa shape index (κ2) is 12.6. The van der Waals surface area contributed by atoms with Gasteiger partial charge in [0.25, 0.3) is 11.6 Å². The van der Waals surface area contributed by atoms with Gasteiger partial charge < -0.3 is 20.4 Å². The highest BCUT2D eigenvalue weighted by molar-refractivity contribution is 6.04. The second-order valence-electron chi connectivity index (χ2n) is 9.26. The summed E-state index contributed by atoms with van der Waals surface area (Å²) in [6, 6.07) is 1.39. The van der Waals surface area contributed by atoms with Crippen molar-refractivity contribution in [2.45, 2.75) is 84.0 Å². The van der Waals surface area contributed by atoms with Crippen molar-refractivity contribution in [2.24, 2.45) is 0 Å². The SMILES string of the molecule is CCCCCc1cc(C(=O)C(F)(F)F)c(O)c(Cc2c(O)c(CCCCC)cc(C(=O)C(F)(F)F)c2O)c1O. The van der Waals surface area contributed by atoms with Gasteiger partial charge in [0.05, 0.1) is 11.1 Å². The summed E-state index contributed by atoms with van der Waals surface area (Å²) in [6.45, 7) is 3.69. The molecule has 216 valence electrons. The molecule has 6 nitrogen and oxygen atoms in total. The number of aromatic hydroxyl groups is 4. The number of phenolic OH excluding ortho intramolecular Hbond substituents is 4. The van der Waals surface area contributed by atoms with Crippen molar-refractivity contribution in [3.8, 4) is 23.0 Å². The minimum atomic E-state index is -5.40. The Bertz CT molecular complexity index is 1120. The Balaban J connectivity index is 2.80. The minimum absolute atomic E-state index is 0.00206. The molecule has 0 atom stereocenters. The highest BCUT2D eigenvalue weighted by Crippen LogP contribution is 2.44. The molecule has 0 saturated carbocycles. The van der Waals surface area contributed by atoms with Gasteiger partial charge in [0.2, 0.25) is 0 Å². The summed E-state index contributed by atoms with van der Waals surface area (Å²) in [4.78, 5) is 24.1. The quantitative estimate of drug-likeness (QED) is 0.125. The highest BCUT2D eigenvalue weighted by atomic mass is 19.4. The van der Waals surface area contributed by atoms with Crippen LogP contribution in [-0.2, 0) is 19.3 Å². The fourth-order valence-electron chi connectivity index (χ4n) is 4.23. The largest absolute Gasteiger partial charge is 0.507 e. The number of hydrogen-bond acceptors (Lipinski definition) is 6. The van der Waals surface area contributed by atoms with Gasteiger partial charge in [0.1, 0.15) is 23.0 Å². The number of halogens is 6. The Morgan fingerprint density at radius 2 is 0.949 bits per heavy atom. The summed E-state index contributed by atoms with van der Waals surface area (Å²) >= 11 is 0. The predicted octanol–water partition coefficient (Wildman–Crippen LogP) is 7.06. The number of benzene rings is 2. The van der Waals surface area contributed by atoms with Crippen molar-refractivity contribution in [2.75, 3.05) is 0 Å². The third-order valence-corrected chi connectivity index (χ3v) is 6.36. The van der Waals surface area contributed by atoms with Crippen LogP contribution in [0.1, 0.15) is 95.3 Å². The topological polar surface area (TPSA) is 115 Å². The van der Waals surface area contributed by atoms with Crippen LogP contribution in [-0.4, -0.2) is 44.3 Å². The fourth-order valence-corrected chi connectivity index (χ4v) is 4.23. The van der Waals surface area contributed by atoms with Gasteiger partial charge in [-0.15, -0.1) is 0 Å². The Morgan fingerprint density at radius 3 is 1.23 bits per heavy atom. The predicted molar refractivity (Wildman–Crippen MR) is 130 cm³/mol. The number of rotatable bonds is 12. The van der Waals surface area contributed by atoms with E-state index in [9.17, 15) is 56.4 Å². The summed E-state index contributed by atoms with van der Waals surface area (Å²) < 4.78 is 79.5. The smallest absolute Gasteiger partial charge is 0.455 e. The zero-order valence-corrected chi connectivity index (χ0v) is 21.4. The van der Waals surface area contributed by atoms with E-state index in [2.05, 4.69) is 0 Å². The van der Waals surface area contributed by atoms with E-state index in [1.165, 1.54) is 0 Å². The van der Waals surface area contributed by atoms with Gasteiger partial charge in [-0.05, 0) is 48.9 Å². The van der Waals surface area contributed by atoms with Gasteiger partial charge in [-0.3, -0.25) is 9.59 Å². The number of aryl methyl sites for hydroxylation is 2. The molecule has 39 heavy (non-hydrogen) atoms. The van der Waals surface area contributed by atoms with Gasteiger partial charge >= 0.3 is 12.4 Å². The third kappa shape index (κ3) is 7.36. The molecule has 2 aromatic carbocycles. The number of phenols is 4. The maximum absolute atomic E-state index is 13.2. The van der Waals surface area contributed by atoms with Crippen molar-refractivity contribution in [1.29, 1.82) is 0 Å². The van der Waals surface area contributed by atoms with Crippen LogP contribution in [0, 0.1) is 0 Å². The molecular weight excluding hydrogens is 534 g/mol. The van der Waals surface area contributed by atoms with E-state index in [0.29, 0.717) is 50.7 Å². The molecule has 0 aliphatic rings. The van der Waals surface area contributed by atoms with Crippen molar-refractivity contribution in [3.05, 3.63) is 45.5 Å². The number of carbonyl (C=O) groups is 2. The summed E-state index contributed by atoms with van der Waals surface area (Å²) in [7, 11) is 0. The molecule has 0 aromatic heterocycles. The van der Waals surface area contributed by atoms with Crippen molar-refractivity contribution >= 4 is 11.6 Å². The van der Waals surface area contributed by atoms with E-state index in [0.717, 1.165) is 0 Å². The first-order valence-electron chi connectivity index (χ1n) is 12.4. The molecule has 0 heterocycles. The molecule has 2 aromatic rings. The summed E-state index contributed by atoms with van der Waals surface area (Å²) in [5.41, 5.74) is -4.14. The van der Waals surface area contributed by atoms with Crippen LogP contribution in [0.5, 0.6) is 23.0 Å². The summed E-state index contributed by atoms with van der Waals surface area (Å²) in [5.74, 6) is -8.97. The molecule has 0 fully saturated rings. The first-order valence-corrected chi connectivity index (χ1v) is 12.4. The van der Waals surface area contributed by atoms with Gasteiger partial charge in [-0.2, -0.15) is 26.3 Å². The van der Waals surface area contributed by atoms with Crippen LogP contribution >= 0.6 is 0 Å². The lowest BCUT2D eigenvalue weighted by Crippen LogP contribution is -2.24. The van der Waals surface area contributed by atoms with E-state index in [1.54, 1.807) is 0 Å². The molecule has 0 spiro atoms. The number of alkyl halides is 6. The molecule has 4 N–H and O–H groups in total. The average Bonchev–Trinajstić information content (AvgIpc) is 2.84. The fraction of sp³-hybridized carbons (Fsp3) is 0.481. The molecule has 0 radical (unpaired) electrons. The second-order valence-corrected chi connectivity index (χ2v) is 9.26. The molecule has 0 bridgehead atoms. The molecule has 0 unspecified atom stereocenters. The normalized spacial score (nSPS) is 12.1. The van der Waals surface area contributed by atoms with Gasteiger partial charge in [0, 0.05) is 17.5 Å². The summed E-state index contributed by atoms with van der Waals surface area (Å²) in [5, 5.41) is 42.8. The summed E-state index contributed by atoms with van der Waals surface area (Å²) in [6.07, 6.45) is -8.35. The lowest BCUT2D eigenvalue weighted by molar-refractivity contribution is -0.0889. The lowest BCUT2D eigenvalue weighted by Gasteiger charge is -2.19. The zero-order valence-electron chi connectivity index (χ0n) is 21.4. The zero-order chi connectivity index (χ0) is 29.7. The van der Waals surface area contributed by atoms with Crippen LogP contribution in [0.4, 0.5) is 26.3 Å². The van der Waals surface area contributed by atoms with Crippen molar-refractivity contribution in [3.63, 3.8) is 0 Å². The molecule has 0 aliphatic carbocycles. The van der Waals surface area contributed by atoms with Gasteiger partial charge in [-0.25, -0.2) is 0 Å². The molecule has 12 heteroatoms. The van der Waals surface area contributed by atoms with E-state index < -0.39 is 75.6 Å². The number of Topliss-reactive ketones (excluding diaryl/α,β-unsaturated/α-hetero) is 2. The number of ketones is 2. The maximum atomic E-state index is 13.2. The van der Waals surface area contributed by atoms with Crippen LogP contribution in [0.3, 0.4) is 0 Å². The third-order valence-electron chi connectivity index (χ3n) is 6.36. The van der Waals surface area contributed by atoms with Gasteiger partial charge in [0.15, 0.2) is 0 Å². The van der Waals surface area contributed by atoms with E-state index >= 15 is 0 Å². The van der Waals surface area contributed by atoms with E-state index in [4.69, 9.17) is 0 Å². The number of carbonyl (C=O) groups excluding carboxylic acids is 2. The van der Waals surface area contributed by atoms with Gasteiger partial charge in [-0.1, -0.05) is 39.5 Å². The molecule has 0 amide bonds. The Hall–Kier alpha value is -3.44. The molecule has 0 saturated heterocycles. The van der Waals surface area contributed by atoms with Crippen LogP contribution in [0.2, 0.25) is 0 Å². The van der Waals surface area contributed by atoms with Crippen molar-refractivity contribution < 1.29 is 56.4 Å². The number of hydrogen-bond donors (Lipinski definition) is 4. The van der Waals surface area contributed by atoms with E-state index in [1.807, 2.05) is 13.8 Å². The standard InChI is InChI=1S/C27H30F6O6/c1-3-5-7-9-14-11-18(24(38)26(28,29)30)22(36)16(20(14)34)13-17-21(35)15(10-8-6-4-2)12-19(23(17)37)25(39)27(31,32)33/h11-12,34-37H,3-10,13H2,1-2H3. The number of unbranched alkanes of at least 4 members (excludes halogenated alkanes) is 4. The van der Waals surface area contributed by atoms with Crippen LogP contribution in [0.15, 0.2) is 12.1 Å². The molecule has 2 rings (SSSR count). The van der Waals surface area contributed by atoms with Crippen molar-refractivity contribution in [1.82, 2.24) is 0 Å². The first-order chi connectivity index (χ1) is 18.1. The lowest BCUT2D eigenvalue weighted by atomic mass is 9.89. The highest BCUT2D eigenvalue weighted by Gasteiger charge is 2.43. The van der Waals surface area contributed by atoms with E-state index in [-0.39, 0.29) is 24.0 Å². The Kier molecular flexibility index (Phi) is 10.3. The maximum Gasteiger partial charge on any atom is 0.455 e. The average molecular weight is 565 g/mol. The van der Waals surface area contributed by atoms with Crippen LogP contribution < -0.4 is 0 Å².